The fraction of sp³-hybridized carbons (Fsp3) is 0.500. The summed E-state index contributed by atoms with van der Waals surface area (Å²) in [6.45, 7) is 7.92. The van der Waals surface area contributed by atoms with Crippen molar-refractivity contribution in [2.45, 2.75) is 46.3 Å². The molecular formula is C18H23NO4. The van der Waals surface area contributed by atoms with Gasteiger partial charge in [-0.15, -0.1) is 0 Å². The molecule has 2 rings (SSSR count). The summed E-state index contributed by atoms with van der Waals surface area (Å²) in [4.78, 5) is 37.0. The first-order valence-corrected chi connectivity index (χ1v) is 7.76. The smallest absolute Gasteiger partial charge is 0.338 e. The molecule has 1 atom stereocenters. The fourth-order valence-electron chi connectivity index (χ4n) is 2.50. The van der Waals surface area contributed by atoms with Crippen LogP contribution in [0.25, 0.3) is 0 Å². The molecule has 1 aliphatic rings. The minimum absolute atomic E-state index is 0.00131. The Hall–Kier alpha value is -2.17. The zero-order valence-electron chi connectivity index (χ0n) is 14.1. The maximum Gasteiger partial charge on any atom is 0.338 e. The molecule has 23 heavy (non-hydrogen) atoms. The number of amides is 1. The summed E-state index contributed by atoms with van der Waals surface area (Å²) in [5, 5.41) is 0. The van der Waals surface area contributed by atoms with E-state index in [9.17, 15) is 14.4 Å². The van der Waals surface area contributed by atoms with Crippen molar-refractivity contribution < 1.29 is 19.1 Å². The third-order valence-electron chi connectivity index (χ3n) is 3.75. The Morgan fingerprint density at radius 3 is 2.30 bits per heavy atom. The Labute approximate surface area is 136 Å². The normalized spacial score (nSPS) is 18.2. The summed E-state index contributed by atoms with van der Waals surface area (Å²) >= 11 is 0. The Morgan fingerprint density at radius 1 is 1.22 bits per heavy atom. The molecule has 1 unspecified atom stereocenters. The summed E-state index contributed by atoms with van der Waals surface area (Å²) in [6.07, 6.45) is 0.297. The number of esters is 1. The van der Waals surface area contributed by atoms with E-state index in [1.54, 1.807) is 17.0 Å². The molecule has 124 valence electrons. The van der Waals surface area contributed by atoms with Crippen LogP contribution in [0.4, 0.5) is 0 Å². The highest BCUT2D eigenvalue weighted by atomic mass is 16.6. The van der Waals surface area contributed by atoms with Gasteiger partial charge in [0.25, 0.3) is 0 Å². The molecule has 1 amide bonds. The molecule has 5 heteroatoms. The summed E-state index contributed by atoms with van der Waals surface area (Å²) < 4.78 is 5.31. The van der Waals surface area contributed by atoms with Crippen LogP contribution in [0.15, 0.2) is 24.3 Å². The van der Waals surface area contributed by atoms with Crippen molar-refractivity contribution in [1.82, 2.24) is 4.90 Å². The van der Waals surface area contributed by atoms with E-state index in [0.717, 1.165) is 5.56 Å². The third-order valence-corrected chi connectivity index (χ3v) is 3.75. The number of ketones is 1. The van der Waals surface area contributed by atoms with Gasteiger partial charge in [-0.05, 0) is 45.4 Å². The van der Waals surface area contributed by atoms with E-state index >= 15 is 0 Å². The number of likely N-dealkylation sites (tertiary alicyclic amines) is 1. The van der Waals surface area contributed by atoms with Crippen molar-refractivity contribution >= 4 is 17.7 Å². The predicted molar refractivity (Wildman–Crippen MR) is 85.8 cm³/mol. The van der Waals surface area contributed by atoms with Gasteiger partial charge in [0.15, 0.2) is 0 Å². The Morgan fingerprint density at radius 2 is 1.83 bits per heavy atom. The van der Waals surface area contributed by atoms with Crippen LogP contribution in [0.2, 0.25) is 0 Å². The lowest BCUT2D eigenvalue weighted by Crippen LogP contribution is -2.25. The second-order valence-corrected chi connectivity index (χ2v) is 6.98. The quantitative estimate of drug-likeness (QED) is 0.801. The molecule has 0 aromatic heterocycles. The van der Waals surface area contributed by atoms with Gasteiger partial charge >= 0.3 is 5.97 Å². The molecule has 0 N–H and O–H groups in total. The van der Waals surface area contributed by atoms with E-state index in [-0.39, 0.29) is 23.6 Å². The van der Waals surface area contributed by atoms with E-state index in [1.807, 2.05) is 32.9 Å². The molecule has 0 bridgehead atoms. The van der Waals surface area contributed by atoms with Crippen LogP contribution >= 0.6 is 0 Å². The highest BCUT2D eigenvalue weighted by molar-refractivity contribution is 5.90. The molecule has 0 saturated carbocycles. The molecule has 1 aromatic carbocycles. The maximum absolute atomic E-state index is 12.0. The number of hydrogen-bond donors (Lipinski definition) is 0. The van der Waals surface area contributed by atoms with E-state index in [1.165, 1.54) is 6.92 Å². The van der Waals surface area contributed by atoms with Gasteiger partial charge in [0, 0.05) is 25.4 Å². The number of ether oxygens (including phenoxy) is 1. The zero-order chi connectivity index (χ0) is 17.2. The van der Waals surface area contributed by atoms with Crippen LogP contribution in [0.5, 0.6) is 0 Å². The van der Waals surface area contributed by atoms with Crippen molar-refractivity contribution in [1.29, 1.82) is 0 Å². The molecule has 1 aromatic rings. The molecular weight excluding hydrogens is 294 g/mol. The van der Waals surface area contributed by atoms with Crippen molar-refractivity contribution in [2.75, 3.05) is 6.54 Å². The Balaban J connectivity index is 1.99. The van der Waals surface area contributed by atoms with Gasteiger partial charge in [-0.2, -0.15) is 0 Å². The molecule has 0 radical (unpaired) electrons. The van der Waals surface area contributed by atoms with Crippen LogP contribution in [-0.4, -0.2) is 34.7 Å². The van der Waals surface area contributed by atoms with Gasteiger partial charge in [-0.1, -0.05) is 12.1 Å². The Kier molecular flexibility index (Phi) is 4.88. The molecule has 1 fully saturated rings. The minimum atomic E-state index is -0.528. The largest absolute Gasteiger partial charge is 0.456 e. The Bertz CT molecular complexity index is 613. The summed E-state index contributed by atoms with van der Waals surface area (Å²) in [5.74, 6) is -0.496. The van der Waals surface area contributed by atoms with Gasteiger partial charge in [0.2, 0.25) is 5.91 Å². The fourth-order valence-corrected chi connectivity index (χ4v) is 2.50. The van der Waals surface area contributed by atoms with E-state index in [4.69, 9.17) is 4.74 Å². The highest BCUT2D eigenvalue weighted by Crippen LogP contribution is 2.21. The molecule has 1 aliphatic heterocycles. The second kappa shape index (κ2) is 6.52. The van der Waals surface area contributed by atoms with Gasteiger partial charge in [0.1, 0.15) is 11.4 Å². The van der Waals surface area contributed by atoms with Crippen LogP contribution < -0.4 is 0 Å². The number of rotatable bonds is 4. The van der Waals surface area contributed by atoms with Crippen molar-refractivity contribution in [3.05, 3.63) is 35.4 Å². The SMILES string of the molecule is CC(=O)C1CC(=O)N(Cc2ccc(C(=O)OC(C)(C)C)cc2)C1. The van der Waals surface area contributed by atoms with E-state index < -0.39 is 5.60 Å². The number of benzene rings is 1. The third kappa shape index (κ3) is 4.65. The van der Waals surface area contributed by atoms with Crippen LogP contribution in [0.3, 0.4) is 0 Å². The highest BCUT2D eigenvalue weighted by Gasteiger charge is 2.32. The van der Waals surface area contributed by atoms with Crippen molar-refractivity contribution in [3.63, 3.8) is 0 Å². The molecule has 1 saturated heterocycles. The predicted octanol–water partition coefficient (Wildman–Crippen LogP) is 2.58. The van der Waals surface area contributed by atoms with Crippen LogP contribution in [0, 0.1) is 5.92 Å². The molecule has 5 nitrogen and oxygen atoms in total. The minimum Gasteiger partial charge on any atom is -0.456 e. The van der Waals surface area contributed by atoms with Gasteiger partial charge in [-0.3, -0.25) is 9.59 Å². The van der Waals surface area contributed by atoms with Crippen molar-refractivity contribution in [2.24, 2.45) is 5.92 Å². The number of carbonyl (C=O) groups is 3. The number of carbonyl (C=O) groups excluding carboxylic acids is 3. The maximum atomic E-state index is 12.0. The van der Waals surface area contributed by atoms with E-state index in [2.05, 4.69) is 0 Å². The zero-order valence-corrected chi connectivity index (χ0v) is 14.1. The lowest BCUT2D eigenvalue weighted by Gasteiger charge is -2.20. The second-order valence-electron chi connectivity index (χ2n) is 6.98. The first-order valence-electron chi connectivity index (χ1n) is 7.76. The van der Waals surface area contributed by atoms with Gasteiger partial charge < -0.3 is 9.64 Å². The molecule has 0 spiro atoms. The summed E-state index contributed by atoms with van der Waals surface area (Å²) in [7, 11) is 0. The number of hydrogen-bond acceptors (Lipinski definition) is 4. The lowest BCUT2D eigenvalue weighted by atomic mass is 10.1. The van der Waals surface area contributed by atoms with Crippen molar-refractivity contribution in [3.8, 4) is 0 Å². The summed E-state index contributed by atoms with van der Waals surface area (Å²) in [6, 6.07) is 7.03. The van der Waals surface area contributed by atoms with Crippen LogP contribution in [-0.2, 0) is 20.9 Å². The monoisotopic (exact) mass is 317 g/mol. The lowest BCUT2D eigenvalue weighted by molar-refractivity contribution is -0.128. The summed E-state index contributed by atoms with van der Waals surface area (Å²) in [5.41, 5.74) is 0.882. The number of nitrogens with zero attached hydrogens (tertiary/aromatic N) is 1. The van der Waals surface area contributed by atoms with Gasteiger partial charge in [-0.25, -0.2) is 4.79 Å². The first-order chi connectivity index (χ1) is 10.7. The standard InChI is InChI=1S/C18H23NO4/c1-12(20)15-9-16(21)19(11-15)10-13-5-7-14(8-6-13)17(22)23-18(2,3)4/h5-8,15H,9-11H2,1-4H3. The average Bonchev–Trinajstić information content (AvgIpc) is 2.79. The first kappa shape index (κ1) is 17.2. The topological polar surface area (TPSA) is 63.7 Å². The van der Waals surface area contributed by atoms with E-state index in [0.29, 0.717) is 25.1 Å². The van der Waals surface area contributed by atoms with Crippen LogP contribution in [0.1, 0.15) is 50.0 Å². The van der Waals surface area contributed by atoms with Gasteiger partial charge in [0.05, 0.1) is 5.56 Å². The molecule has 1 heterocycles. The average molecular weight is 317 g/mol. The number of Topliss-reactive ketones (excluding diaryl/α,β-unsaturated/α-hetero) is 1. The molecule has 0 aliphatic carbocycles.